The van der Waals surface area contributed by atoms with Gasteiger partial charge < -0.3 is 21.6 Å². The van der Waals surface area contributed by atoms with Crippen molar-refractivity contribution in [3.63, 3.8) is 0 Å². The molecule has 0 saturated carbocycles. The molecular formula is C10H24KO4P. The van der Waals surface area contributed by atoms with E-state index in [1.54, 1.807) is 0 Å². The minimum Gasteiger partial charge on any atom is -0.343 e. The Morgan fingerprint density at radius 2 is 1.25 bits per heavy atom. The molecule has 0 aromatic rings. The van der Waals surface area contributed by atoms with Crippen LogP contribution >= 0.6 is 7.82 Å². The molecule has 3 N–H and O–H groups in total. The Morgan fingerprint density at radius 3 is 1.56 bits per heavy atom. The van der Waals surface area contributed by atoms with Crippen LogP contribution in [0, 0.1) is 6.92 Å². The number of phosphoric acid groups is 1. The number of rotatable bonds is 7. The van der Waals surface area contributed by atoms with Crippen LogP contribution in [-0.4, -0.2) is 14.7 Å². The van der Waals surface area contributed by atoms with Gasteiger partial charge in [-0.3, -0.25) is 0 Å². The Hall–Kier alpha value is 1.75. The normalized spacial score (nSPS) is 10.1. The van der Waals surface area contributed by atoms with Gasteiger partial charge in [0.05, 0.1) is 0 Å². The molecule has 0 aliphatic heterocycles. The van der Waals surface area contributed by atoms with Crippen LogP contribution in [0.2, 0.25) is 0 Å². The maximum absolute atomic E-state index is 8.88. The number of unbranched alkanes of at least 4 members (excludes halogenated alkanes) is 7. The molecule has 16 heavy (non-hydrogen) atoms. The first kappa shape index (κ1) is 22.9. The molecule has 0 aliphatic carbocycles. The molecule has 0 amide bonds. The molecule has 0 unspecified atom stereocenters. The van der Waals surface area contributed by atoms with Gasteiger partial charge in [-0.25, -0.2) is 4.57 Å². The summed E-state index contributed by atoms with van der Waals surface area (Å²) < 4.78 is 8.88. The summed E-state index contributed by atoms with van der Waals surface area (Å²) in [5.41, 5.74) is 0. The van der Waals surface area contributed by atoms with Crippen molar-refractivity contribution in [1.29, 1.82) is 0 Å². The average molecular weight is 278 g/mol. The third kappa shape index (κ3) is 44.8. The topological polar surface area (TPSA) is 77.8 Å². The second-order valence-corrected chi connectivity index (χ2v) is 4.51. The Bertz CT molecular complexity index is 145. The maximum Gasteiger partial charge on any atom is 1.00 e. The van der Waals surface area contributed by atoms with Gasteiger partial charge in [0.1, 0.15) is 0 Å². The minimum atomic E-state index is -4.64. The van der Waals surface area contributed by atoms with Crippen molar-refractivity contribution in [2.45, 2.75) is 58.3 Å². The Balaban J connectivity index is -0.000000242. The second-order valence-electron chi connectivity index (χ2n) is 3.49. The quantitative estimate of drug-likeness (QED) is 0.266. The fourth-order valence-electron chi connectivity index (χ4n) is 1.13. The summed E-state index contributed by atoms with van der Waals surface area (Å²) in [6.07, 6.45) is 10.9. The smallest absolute Gasteiger partial charge is 0.343 e. The molecule has 6 heteroatoms. The van der Waals surface area contributed by atoms with Gasteiger partial charge in [0.15, 0.2) is 0 Å². The molecule has 0 aromatic heterocycles. The second kappa shape index (κ2) is 16.7. The summed E-state index contributed by atoms with van der Waals surface area (Å²) in [4.78, 5) is 21.6. The third-order valence-corrected chi connectivity index (χ3v) is 1.85. The van der Waals surface area contributed by atoms with E-state index in [9.17, 15) is 0 Å². The molecule has 0 rings (SSSR count). The van der Waals surface area contributed by atoms with Crippen LogP contribution in [0.3, 0.4) is 0 Å². The largest absolute Gasteiger partial charge is 1.00 e. The van der Waals surface area contributed by atoms with Crippen molar-refractivity contribution in [2.24, 2.45) is 0 Å². The third-order valence-electron chi connectivity index (χ3n) is 1.85. The molecule has 0 spiro atoms. The van der Waals surface area contributed by atoms with Crippen LogP contribution in [0.15, 0.2) is 0 Å². The van der Waals surface area contributed by atoms with E-state index in [0.717, 1.165) is 6.42 Å². The standard InChI is InChI=1S/C10H21.K.H3O4P/c1-3-5-7-9-10-8-6-4-2;;1-5(2,3)4/h1,3-10H2,2H3;;(H3,1,2,3,4)/q-1;+1;. The Labute approximate surface area is 142 Å². The molecule has 0 radical (unpaired) electrons. The van der Waals surface area contributed by atoms with Crippen LogP contribution in [0.25, 0.3) is 0 Å². The molecule has 0 aromatic carbocycles. The zero-order chi connectivity index (χ0) is 12.2. The average Bonchev–Trinajstić information content (AvgIpc) is 2.08. The van der Waals surface area contributed by atoms with Crippen molar-refractivity contribution < 1.29 is 70.6 Å². The van der Waals surface area contributed by atoms with Gasteiger partial charge in [-0.1, -0.05) is 51.9 Å². The van der Waals surface area contributed by atoms with E-state index < -0.39 is 7.82 Å². The zero-order valence-electron chi connectivity index (χ0n) is 10.6. The molecule has 0 fully saturated rings. The fourth-order valence-corrected chi connectivity index (χ4v) is 1.13. The van der Waals surface area contributed by atoms with E-state index in [0.29, 0.717) is 0 Å². The Kier molecular flexibility index (Phi) is 24.0. The van der Waals surface area contributed by atoms with Gasteiger partial charge in [-0.05, 0) is 0 Å². The van der Waals surface area contributed by atoms with Gasteiger partial charge in [-0.2, -0.15) is 6.42 Å². The first-order chi connectivity index (χ1) is 6.91. The predicted octanol–water partition coefficient (Wildman–Crippen LogP) is 0.0366. The molecular weight excluding hydrogens is 254 g/mol. The van der Waals surface area contributed by atoms with Gasteiger partial charge in [0, 0.05) is 0 Å². The summed E-state index contributed by atoms with van der Waals surface area (Å²) in [6, 6.07) is 0. The van der Waals surface area contributed by atoms with Crippen molar-refractivity contribution >= 4 is 7.82 Å². The maximum atomic E-state index is 8.88. The predicted molar refractivity (Wildman–Crippen MR) is 62.2 cm³/mol. The fraction of sp³-hybridized carbons (Fsp3) is 0.900. The summed E-state index contributed by atoms with van der Waals surface area (Å²) in [6.45, 7) is 6.08. The number of hydrogen-bond acceptors (Lipinski definition) is 1. The first-order valence-electron chi connectivity index (χ1n) is 5.49. The SMILES string of the molecule is O=P(O)(O)O.[CH2-]CCCCCCCCC.[K+]. The molecule has 0 heterocycles. The van der Waals surface area contributed by atoms with Crippen LogP contribution < -0.4 is 51.4 Å². The Morgan fingerprint density at radius 1 is 0.938 bits per heavy atom. The van der Waals surface area contributed by atoms with Gasteiger partial charge in [0.25, 0.3) is 0 Å². The molecule has 0 aliphatic rings. The van der Waals surface area contributed by atoms with E-state index in [-0.39, 0.29) is 51.4 Å². The van der Waals surface area contributed by atoms with Crippen LogP contribution in [-0.2, 0) is 4.57 Å². The number of hydrogen-bond donors (Lipinski definition) is 3. The molecule has 0 atom stereocenters. The first-order valence-corrected chi connectivity index (χ1v) is 7.05. The van der Waals surface area contributed by atoms with Crippen molar-refractivity contribution in [3.8, 4) is 0 Å². The van der Waals surface area contributed by atoms with Gasteiger partial charge in [0.2, 0.25) is 0 Å². The van der Waals surface area contributed by atoms with E-state index in [2.05, 4.69) is 13.8 Å². The van der Waals surface area contributed by atoms with E-state index in [1.165, 1.54) is 44.9 Å². The minimum absolute atomic E-state index is 0. The monoisotopic (exact) mass is 278 g/mol. The van der Waals surface area contributed by atoms with Crippen LogP contribution in [0.4, 0.5) is 0 Å². The van der Waals surface area contributed by atoms with E-state index >= 15 is 0 Å². The molecule has 0 saturated heterocycles. The summed E-state index contributed by atoms with van der Waals surface area (Å²) >= 11 is 0. The van der Waals surface area contributed by atoms with Crippen molar-refractivity contribution in [2.75, 3.05) is 0 Å². The summed E-state index contributed by atoms with van der Waals surface area (Å²) in [5, 5.41) is 0. The van der Waals surface area contributed by atoms with E-state index in [1.807, 2.05) is 0 Å². The summed E-state index contributed by atoms with van der Waals surface area (Å²) in [5.74, 6) is 0. The van der Waals surface area contributed by atoms with Gasteiger partial charge >= 0.3 is 59.2 Å². The van der Waals surface area contributed by atoms with E-state index in [4.69, 9.17) is 19.2 Å². The molecule has 4 nitrogen and oxygen atoms in total. The summed E-state index contributed by atoms with van der Waals surface area (Å²) in [7, 11) is -4.64. The van der Waals surface area contributed by atoms with Gasteiger partial charge in [-0.15, -0.1) is 0 Å². The van der Waals surface area contributed by atoms with Crippen molar-refractivity contribution in [1.82, 2.24) is 0 Å². The molecule has 94 valence electrons. The molecule has 0 bridgehead atoms. The zero-order valence-corrected chi connectivity index (χ0v) is 14.6. The van der Waals surface area contributed by atoms with Crippen LogP contribution in [0.1, 0.15) is 58.3 Å². The van der Waals surface area contributed by atoms with Crippen LogP contribution in [0.5, 0.6) is 0 Å². The van der Waals surface area contributed by atoms with Crippen molar-refractivity contribution in [3.05, 3.63) is 6.92 Å².